The van der Waals surface area contributed by atoms with E-state index in [1.807, 2.05) is 0 Å². The molecule has 0 bridgehead atoms. The Hall–Kier alpha value is -2.31. The fourth-order valence-corrected chi connectivity index (χ4v) is 4.56. The van der Waals surface area contributed by atoms with Crippen LogP contribution in [0.4, 0.5) is 17.3 Å². The van der Waals surface area contributed by atoms with Crippen molar-refractivity contribution in [2.45, 2.75) is 73.6 Å². The van der Waals surface area contributed by atoms with Gasteiger partial charge in [-0.2, -0.15) is 0 Å². The summed E-state index contributed by atoms with van der Waals surface area (Å²) >= 11 is 0. The van der Waals surface area contributed by atoms with E-state index in [0.29, 0.717) is 5.41 Å². The van der Waals surface area contributed by atoms with E-state index < -0.39 is 7.25 Å². The van der Waals surface area contributed by atoms with Gasteiger partial charge in [-0.05, 0) is 62.3 Å². The minimum Gasteiger partial charge on any atom is -0.460 e. The molecule has 188 valence electrons. The lowest BCUT2D eigenvalue weighted by molar-refractivity contribution is 0.352. The first-order valence-corrected chi connectivity index (χ1v) is 11.9. The standard InChI is InChI=1S/C27H38NO.BF4/c1-9-28(10-2)22-11-12-23-21(14-20-13-19(3)17-27(7,8)18-20)15-25(26(4,5)6)29-24(23)16-22;2-1(3,4)5/h11-16H,9-10,17-18H2,1-8H3;/q+1;-1. The first-order valence-electron chi connectivity index (χ1n) is 11.9. The second-order valence-corrected chi connectivity index (χ2v) is 10.9. The fraction of sp³-hybridized carbons (Fsp3) is 0.519. The van der Waals surface area contributed by atoms with Gasteiger partial charge in [0.2, 0.25) is 5.36 Å². The molecule has 2 nitrogen and oxygen atoms in total. The van der Waals surface area contributed by atoms with Crippen molar-refractivity contribution in [3.8, 4) is 11.3 Å². The molecule has 0 saturated carbocycles. The Balaban J connectivity index is 0.000000739. The molecular formula is C27H38BF4NO. The Morgan fingerprint density at radius 2 is 1.62 bits per heavy atom. The minimum absolute atomic E-state index is 0.0375. The molecule has 2 aliphatic carbocycles. The second kappa shape index (κ2) is 10.5. The highest BCUT2D eigenvalue weighted by atomic mass is 19.5. The Labute approximate surface area is 201 Å². The third kappa shape index (κ3) is 8.17. The van der Waals surface area contributed by atoms with Crippen molar-refractivity contribution in [1.82, 2.24) is 4.58 Å². The highest BCUT2D eigenvalue weighted by molar-refractivity contribution is 6.50. The summed E-state index contributed by atoms with van der Waals surface area (Å²) in [5.41, 5.74) is 5.62. The molecule has 1 heterocycles. The number of nitrogens with zero attached hydrogens (tertiary/aromatic N) is 1. The third-order valence-corrected chi connectivity index (χ3v) is 5.86. The van der Waals surface area contributed by atoms with Gasteiger partial charge in [0.05, 0.1) is 6.07 Å². The molecule has 0 aromatic rings. The van der Waals surface area contributed by atoms with Crippen molar-refractivity contribution in [2.75, 3.05) is 13.1 Å². The predicted octanol–water partition coefficient (Wildman–Crippen LogP) is 7.94. The van der Waals surface area contributed by atoms with Crippen LogP contribution in [0.2, 0.25) is 0 Å². The summed E-state index contributed by atoms with van der Waals surface area (Å²) in [6.45, 7) is 20.0. The normalized spacial score (nSPS) is 17.3. The van der Waals surface area contributed by atoms with Gasteiger partial charge >= 0.3 is 7.25 Å². The lowest BCUT2D eigenvalue weighted by Gasteiger charge is -2.30. The van der Waals surface area contributed by atoms with Gasteiger partial charge in [0.1, 0.15) is 24.6 Å². The van der Waals surface area contributed by atoms with Crippen molar-refractivity contribution in [2.24, 2.45) is 5.41 Å². The van der Waals surface area contributed by atoms with Crippen LogP contribution in [0, 0.1) is 5.41 Å². The fourth-order valence-electron chi connectivity index (χ4n) is 4.56. The smallest absolute Gasteiger partial charge is 0.460 e. The number of rotatable bonds is 3. The number of hydrogen-bond acceptors (Lipinski definition) is 1. The number of fused-ring (bicyclic) bond motifs is 1. The molecule has 0 N–H and O–H groups in total. The molecule has 0 amide bonds. The summed E-state index contributed by atoms with van der Waals surface area (Å²) in [6.07, 6.45) is 7.05. The van der Waals surface area contributed by atoms with Crippen LogP contribution in [0.1, 0.15) is 79.6 Å². The molecule has 34 heavy (non-hydrogen) atoms. The number of allylic oxidation sites excluding steroid dienone is 3. The Bertz CT molecular complexity index is 1090. The first kappa shape index (κ1) is 27.9. The summed E-state index contributed by atoms with van der Waals surface area (Å²) in [7, 11) is -6.00. The Morgan fingerprint density at radius 1 is 1.03 bits per heavy atom. The van der Waals surface area contributed by atoms with Gasteiger partial charge in [-0.1, -0.05) is 52.3 Å². The Morgan fingerprint density at radius 3 is 2.12 bits per heavy atom. The van der Waals surface area contributed by atoms with E-state index in [4.69, 9.17) is 4.42 Å². The zero-order valence-electron chi connectivity index (χ0n) is 21.7. The molecule has 1 aliphatic heterocycles. The molecule has 3 rings (SSSR count). The van der Waals surface area contributed by atoms with E-state index in [1.54, 1.807) is 0 Å². The maximum atomic E-state index is 9.75. The third-order valence-electron chi connectivity index (χ3n) is 5.86. The van der Waals surface area contributed by atoms with E-state index in [9.17, 15) is 17.3 Å². The molecule has 0 aromatic heterocycles. The molecule has 0 spiro atoms. The SMILES string of the molecule is CC[N+](CC)=c1ccc2c(C=C3C=C(C)CC(C)(C)C3)cc(C(C)(C)C)oc-2c1.F[B-](F)(F)F. The highest BCUT2D eigenvalue weighted by Gasteiger charge is 2.25. The summed E-state index contributed by atoms with van der Waals surface area (Å²) in [4.78, 5) is 0. The molecule has 0 atom stereocenters. The monoisotopic (exact) mass is 479 g/mol. The minimum atomic E-state index is -6.00. The van der Waals surface area contributed by atoms with Gasteiger partial charge in [-0.3, -0.25) is 0 Å². The zero-order chi connectivity index (χ0) is 25.9. The van der Waals surface area contributed by atoms with Gasteiger partial charge in [0.15, 0.2) is 0 Å². The molecule has 0 aromatic carbocycles. The molecule has 0 unspecified atom stereocenters. The molecular weight excluding hydrogens is 441 g/mol. The quantitative estimate of drug-likeness (QED) is 0.248. The average Bonchev–Trinajstić information content (AvgIpc) is 2.65. The van der Waals surface area contributed by atoms with Crippen LogP contribution >= 0.6 is 0 Å². The van der Waals surface area contributed by atoms with Gasteiger partial charge in [0.25, 0.3) is 0 Å². The highest BCUT2D eigenvalue weighted by Crippen LogP contribution is 2.40. The van der Waals surface area contributed by atoms with E-state index in [1.165, 1.54) is 34.1 Å². The molecule has 3 aliphatic rings. The van der Waals surface area contributed by atoms with Crippen LogP contribution in [-0.4, -0.2) is 20.3 Å². The molecule has 0 fully saturated rings. The van der Waals surface area contributed by atoms with E-state index in [-0.39, 0.29) is 5.41 Å². The van der Waals surface area contributed by atoms with Gasteiger partial charge in [-0.25, -0.2) is 4.58 Å². The Kier molecular flexibility index (Phi) is 8.65. The van der Waals surface area contributed by atoms with Gasteiger partial charge in [-0.15, -0.1) is 0 Å². The first-order chi connectivity index (χ1) is 15.5. The average molecular weight is 479 g/mol. The van der Waals surface area contributed by atoms with Crippen molar-refractivity contribution >= 4 is 13.3 Å². The van der Waals surface area contributed by atoms with Crippen LogP contribution in [0.3, 0.4) is 0 Å². The maximum Gasteiger partial charge on any atom is 0.673 e. The lowest BCUT2D eigenvalue weighted by Crippen LogP contribution is -2.29. The van der Waals surface area contributed by atoms with E-state index >= 15 is 0 Å². The second-order valence-electron chi connectivity index (χ2n) is 10.9. The van der Waals surface area contributed by atoms with Crippen molar-refractivity contribution < 1.29 is 21.7 Å². The van der Waals surface area contributed by atoms with Crippen LogP contribution < -0.4 is 9.93 Å². The topological polar surface area (TPSA) is 16.1 Å². The maximum absolute atomic E-state index is 9.75. The van der Waals surface area contributed by atoms with Crippen LogP contribution in [-0.2, 0) is 5.41 Å². The summed E-state index contributed by atoms with van der Waals surface area (Å²) < 4.78 is 47.8. The number of benzene rings is 1. The van der Waals surface area contributed by atoms with E-state index in [0.717, 1.165) is 31.0 Å². The summed E-state index contributed by atoms with van der Waals surface area (Å²) in [5.74, 6) is 2.01. The summed E-state index contributed by atoms with van der Waals surface area (Å²) in [6, 6.07) is 8.92. The van der Waals surface area contributed by atoms with Crippen molar-refractivity contribution in [3.05, 3.63) is 58.2 Å². The predicted molar refractivity (Wildman–Crippen MR) is 135 cm³/mol. The van der Waals surface area contributed by atoms with Gasteiger partial charge in [0, 0.05) is 17.0 Å². The van der Waals surface area contributed by atoms with Gasteiger partial charge < -0.3 is 21.7 Å². The van der Waals surface area contributed by atoms with Crippen LogP contribution in [0.15, 0.2) is 45.9 Å². The lowest BCUT2D eigenvalue weighted by atomic mass is 9.75. The molecule has 0 radical (unpaired) electrons. The van der Waals surface area contributed by atoms with Crippen LogP contribution in [0.25, 0.3) is 17.4 Å². The summed E-state index contributed by atoms with van der Waals surface area (Å²) in [5, 5.41) is 1.23. The largest absolute Gasteiger partial charge is 0.673 e. The zero-order valence-corrected chi connectivity index (χ0v) is 21.7. The molecule has 7 heteroatoms. The van der Waals surface area contributed by atoms with Crippen LogP contribution in [0.5, 0.6) is 0 Å². The van der Waals surface area contributed by atoms with Crippen molar-refractivity contribution in [1.29, 1.82) is 0 Å². The molecule has 0 saturated heterocycles. The number of halogens is 4. The van der Waals surface area contributed by atoms with Crippen molar-refractivity contribution in [3.63, 3.8) is 0 Å². The number of hydrogen-bond donors (Lipinski definition) is 0. The van der Waals surface area contributed by atoms with E-state index in [2.05, 4.69) is 96.4 Å².